The SMILES string of the molecule is CNC(=O)[C@H](Cc1ccc(OC)cc1)NC(=O)C(C)(CC(C)C)c1ccc(Cl)cc1S. The molecule has 5 nitrogen and oxygen atoms in total. The highest BCUT2D eigenvalue weighted by molar-refractivity contribution is 7.80. The van der Waals surface area contributed by atoms with E-state index in [1.54, 1.807) is 26.3 Å². The van der Waals surface area contributed by atoms with Gasteiger partial charge in [0.15, 0.2) is 0 Å². The number of likely N-dealkylation sites (N-methyl/N-ethyl adjacent to an activating group) is 1. The third-order valence-electron chi connectivity index (χ3n) is 5.34. The van der Waals surface area contributed by atoms with Gasteiger partial charge in [-0.05, 0) is 54.7 Å². The van der Waals surface area contributed by atoms with E-state index in [0.717, 1.165) is 16.9 Å². The van der Waals surface area contributed by atoms with Crippen LogP contribution in [0.1, 0.15) is 38.3 Å². The minimum absolute atomic E-state index is 0.221. The number of amides is 2. The van der Waals surface area contributed by atoms with Gasteiger partial charge in [0.05, 0.1) is 12.5 Å². The van der Waals surface area contributed by atoms with E-state index in [1.807, 2.05) is 37.3 Å². The predicted octanol–water partition coefficient (Wildman–Crippen LogP) is 4.41. The third kappa shape index (κ3) is 6.40. The highest BCUT2D eigenvalue weighted by Gasteiger charge is 2.39. The van der Waals surface area contributed by atoms with Crippen molar-refractivity contribution in [2.75, 3.05) is 14.2 Å². The van der Waals surface area contributed by atoms with Crippen LogP contribution in [-0.4, -0.2) is 32.0 Å². The standard InChI is InChI=1S/C24H31ClN2O3S/c1-15(2)14-24(3,19-11-8-17(25)13-21(19)31)23(29)27-20(22(28)26-4)12-16-6-9-18(30-5)10-7-16/h6-11,13,15,20,31H,12,14H2,1-5H3,(H,26,28)(H,27,29)/t20-,24?/m0/s1. The molecule has 31 heavy (non-hydrogen) atoms. The largest absolute Gasteiger partial charge is 0.497 e. The Kier molecular flexibility index (Phi) is 8.83. The van der Waals surface area contributed by atoms with Crippen LogP contribution in [0.25, 0.3) is 0 Å². The molecule has 2 aromatic carbocycles. The Morgan fingerprint density at radius 1 is 1.16 bits per heavy atom. The number of carbonyl (C=O) groups is 2. The Labute approximate surface area is 195 Å². The van der Waals surface area contributed by atoms with Crippen molar-refractivity contribution in [3.05, 3.63) is 58.6 Å². The number of nitrogens with one attached hydrogen (secondary N) is 2. The molecule has 2 amide bonds. The summed E-state index contributed by atoms with van der Waals surface area (Å²) in [7, 11) is 3.17. The fourth-order valence-corrected chi connectivity index (χ4v) is 4.52. The molecule has 0 radical (unpaired) electrons. The number of benzene rings is 2. The molecule has 7 heteroatoms. The number of halogens is 1. The van der Waals surface area contributed by atoms with Crippen molar-refractivity contribution in [3.63, 3.8) is 0 Å². The molecule has 2 rings (SSSR count). The van der Waals surface area contributed by atoms with Crippen molar-refractivity contribution >= 4 is 36.0 Å². The summed E-state index contributed by atoms with van der Waals surface area (Å²) in [5.41, 5.74) is 0.829. The van der Waals surface area contributed by atoms with Gasteiger partial charge < -0.3 is 15.4 Å². The van der Waals surface area contributed by atoms with Crippen molar-refractivity contribution in [2.24, 2.45) is 5.92 Å². The summed E-state index contributed by atoms with van der Waals surface area (Å²) in [5.74, 6) is 0.510. The Bertz CT molecular complexity index is 918. The second-order valence-electron chi connectivity index (χ2n) is 8.28. The number of thiol groups is 1. The van der Waals surface area contributed by atoms with Gasteiger partial charge >= 0.3 is 0 Å². The Balaban J connectivity index is 2.35. The smallest absolute Gasteiger partial charge is 0.242 e. The van der Waals surface area contributed by atoms with E-state index in [9.17, 15) is 9.59 Å². The number of hydrogen-bond acceptors (Lipinski definition) is 4. The van der Waals surface area contributed by atoms with Crippen molar-refractivity contribution in [1.29, 1.82) is 0 Å². The lowest BCUT2D eigenvalue weighted by atomic mass is 9.75. The van der Waals surface area contributed by atoms with Crippen molar-refractivity contribution in [2.45, 2.75) is 50.0 Å². The average molecular weight is 463 g/mol. The van der Waals surface area contributed by atoms with Crippen LogP contribution in [0, 0.1) is 5.92 Å². The quantitative estimate of drug-likeness (QED) is 0.483. The van der Waals surface area contributed by atoms with E-state index in [0.29, 0.717) is 22.8 Å². The van der Waals surface area contributed by atoms with Crippen LogP contribution in [0.2, 0.25) is 5.02 Å². The first-order chi connectivity index (χ1) is 14.6. The zero-order chi connectivity index (χ0) is 23.2. The maximum absolute atomic E-state index is 13.6. The van der Waals surface area contributed by atoms with E-state index in [-0.39, 0.29) is 17.7 Å². The van der Waals surface area contributed by atoms with E-state index in [1.165, 1.54) is 0 Å². The maximum atomic E-state index is 13.6. The topological polar surface area (TPSA) is 67.4 Å². The average Bonchev–Trinajstić information content (AvgIpc) is 2.72. The van der Waals surface area contributed by atoms with Crippen LogP contribution in [-0.2, 0) is 21.4 Å². The van der Waals surface area contributed by atoms with Gasteiger partial charge in [0.25, 0.3) is 0 Å². The lowest BCUT2D eigenvalue weighted by molar-refractivity contribution is -0.132. The summed E-state index contributed by atoms with van der Waals surface area (Å²) in [4.78, 5) is 26.8. The molecule has 168 valence electrons. The fourth-order valence-electron chi connectivity index (χ4n) is 3.81. The Morgan fingerprint density at radius 3 is 2.32 bits per heavy atom. The summed E-state index contributed by atoms with van der Waals surface area (Å²) >= 11 is 10.7. The van der Waals surface area contributed by atoms with Gasteiger partial charge in [-0.25, -0.2) is 0 Å². The number of carbonyl (C=O) groups excluding carboxylic acids is 2. The Hall–Kier alpha value is -2.18. The number of rotatable bonds is 9. The second kappa shape index (κ2) is 10.9. The molecule has 0 aliphatic rings. The molecule has 2 atom stereocenters. The first kappa shape index (κ1) is 25.1. The van der Waals surface area contributed by atoms with Crippen LogP contribution in [0.5, 0.6) is 5.75 Å². The molecular formula is C24H31ClN2O3S. The molecular weight excluding hydrogens is 432 g/mol. The first-order valence-corrected chi connectivity index (χ1v) is 11.1. The monoisotopic (exact) mass is 462 g/mol. The van der Waals surface area contributed by atoms with Gasteiger partial charge in [0, 0.05) is 23.4 Å². The highest BCUT2D eigenvalue weighted by Crippen LogP contribution is 2.36. The summed E-state index contributed by atoms with van der Waals surface area (Å²) in [6.45, 7) is 6.01. The first-order valence-electron chi connectivity index (χ1n) is 10.2. The summed E-state index contributed by atoms with van der Waals surface area (Å²) in [6.07, 6.45) is 0.957. The van der Waals surface area contributed by atoms with Gasteiger partial charge in [-0.2, -0.15) is 0 Å². The molecule has 1 unspecified atom stereocenters. The summed E-state index contributed by atoms with van der Waals surface area (Å²) in [5, 5.41) is 6.19. The molecule has 0 spiro atoms. The number of methoxy groups -OCH3 is 1. The maximum Gasteiger partial charge on any atom is 0.242 e. The Morgan fingerprint density at radius 2 is 1.81 bits per heavy atom. The van der Waals surface area contributed by atoms with Gasteiger partial charge in [-0.15, -0.1) is 12.6 Å². The summed E-state index contributed by atoms with van der Waals surface area (Å²) < 4.78 is 5.19. The molecule has 0 aliphatic carbocycles. The minimum atomic E-state index is -0.873. The van der Waals surface area contributed by atoms with Crippen molar-refractivity contribution < 1.29 is 14.3 Å². The second-order valence-corrected chi connectivity index (χ2v) is 9.20. The van der Waals surface area contributed by atoms with Gasteiger partial charge in [-0.1, -0.05) is 43.6 Å². The molecule has 0 fully saturated rings. The molecule has 0 saturated heterocycles. The molecule has 0 aromatic heterocycles. The molecule has 0 saturated carbocycles. The normalized spacial score (nSPS) is 13.9. The van der Waals surface area contributed by atoms with Crippen LogP contribution in [0.4, 0.5) is 0 Å². The van der Waals surface area contributed by atoms with Crippen LogP contribution < -0.4 is 15.4 Å². The third-order valence-corrected chi connectivity index (χ3v) is 5.94. The number of ether oxygens (including phenoxy) is 1. The zero-order valence-corrected chi connectivity index (χ0v) is 20.3. The van der Waals surface area contributed by atoms with Crippen molar-refractivity contribution in [1.82, 2.24) is 10.6 Å². The van der Waals surface area contributed by atoms with E-state index >= 15 is 0 Å². The minimum Gasteiger partial charge on any atom is -0.497 e. The molecule has 0 bridgehead atoms. The fraction of sp³-hybridized carbons (Fsp3) is 0.417. The van der Waals surface area contributed by atoms with Gasteiger partial charge in [0.1, 0.15) is 11.8 Å². The molecule has 2 aromatic rings. The van der Waals surface area contributed by atoms with Gasteiger partial charge in [-0.3, -0.25) is 9.59 Å². The van der Waals surface area contributed by atoms with E-state index in [4.69, 9.17) is 16.3 Å². The predicted molar refractivity (Wildman–Crippen MR) is 128 cm³/mol. The van der Waals surface area contributed by atoms with Gasteiger partial charge in [0.2, 0.25) is 11.8 Å². The van der Waals surface area contributed by atoms with Crippen LogP contribution in [0.15, 0.2) is 47.4 Å². The lowest BCUT2D eigenvalue weighted by Crippen LogP contribution is -2.53. The highest BCUT2D eigenvalue weighted by atomic mass is 35.5. The number of hydrogen-bond donors (Lipinski definition) is 3. The van der Waals surface area contributed by atoms with E-state index in [2.05, 4.69) is 37.1 Å². The zero-order valence-electron chi connectivity index (χ0n) is 18.7. The molecule has 0 aliphatic heterocycles. The molecule has 0 heterocycles. The van der Waals surface area contributed by atoms with Crippen molar-refractivity contribution in [3.8, 4) is 5.75 Å². The van der Waals surface area contributed by atoms with E-state index < -0.39 is 11.5 Å². The molecule has 2 N–H and O–H groups in total. The van der Waals surface area contributed by atoms with Crippen LogP contribution >= 0.6 is 24.2 Å². The summed E-state index contributed by atoms with van der Waals surface area (Å²) in [6, 6.07) is 12.1. The van der Waals surface area contributed by atoms with Crippen LogP contribution in [0.3, 0.4) is 0 Å². The lowest BCUT2D eigenvalue weighted by Gasteiger charge is -2.33.